The molecule has 0 radical (unpaired) electrons. The Labute approximate surface area is 224 Å². The van der Waals surface area contributed by atoms with Crippen LogP contribution in [0.5, 0.6) is 0 Å². The SMILES string of the molecule is C[C@H](C(=O)NC(C)(C)C)N(Cc1ccccc1Cl)C(=O)CN(c1cc(C(F)(F)F)ccc1Cl)S(C)(=O)=O. The third-order valence-electron chi connectivity index (χ3n) is 5.19. The van der Waals surface area contributed by atoms with Crippen LogP contribution in [0, 0.1) is 0 Å². The predicted octanol–water partition coefficient (Wildman–Crippen LogP) is 5.11. The summed E-state index contributed by atoms with van der Waals surface area (Å²) in [5.41, 5.74) is -1.80. The molecule has 0 saturated heterocycles. The Morgan fingerprint density at radius 2 is 1.62 bits per heavy atom. The molecule has 0 aromatic heterocycles. The third kappa shape index (κ3) is 8.51. The minimum absolute atomic E-state index is 0.162. The first-order valence-electron chi connectivity index (χ1n) is 11.0. The average molecular weight is 582 g/mol. The molecule has 1 N–H and O–H groups in total. The molecule has 0 aliphatic carbocycles. The molecule has 13 heteroatoms. The first-order chi connectivity index (χ1) is 16.8. The summed E-state index contributed by atoms with van der Waals surface area (Å²) >= 11 is 12.3. The lowest BCUT2D eigenvalue weighted by Crippen LogP contribution is -2.54. The summed E-state index contributed by atoms with van der Waals surface area (Å²) < 4.78 is 65.7. The number of carbonyl (C=O) groups excluding carboxylic acids is 2. The van der Waals surface area contributed by atoms with E-state index in [-0.39, 0.29) is 11.6 Å². The van der Waals surface area contributed by atoms with E-state index in [1.807, 2.05) is 0 Å². The van der Waals surface area contributed by atoms with Gasteiger partial charge in [0.1, 0.15) is 12.6 Å². The van der Waals surface area contributed by atoms with Gasteiger partial charge in [-0.3, -0.25) is 13.9 Å². The lowest BCUT2D eigenvalue weighted by molar-refractivity contribution is -0.140. The zero-order valence-corrected chi connectivity index (χ0v) is 23.2. The Bertz CT molecular complexity index is 1260. The number of benzene rings is 2. The van der Waals surface area contributed by atoms with Crippen molar-refractivity contribution >= 4 is 50.7 Å². The molecule has 204 valence electrons. The molecule has 2 rings (SSSR count). The number of halogens is 5. The molecule has 2 aromatic carbocycles. The number of hydrogen-bond donors (Lipinski definition) is 1. The van der Waals surface area contributed by atoms with E-state index in [1.54, 1.807) is 45.0 Å². The fourth-order valence-electron chi connectivity index (χ4n) is 3.34. The minimum Gasteiger partial charge on any atom is -0.350 e. The molecule has 0 bridgehead atoms. The summed E-state index contributed by atoms with van der Waals surface area (Å²) in [5, 5.41) is 2.77. The molecular formula is C24H28Cl2F3N3O4S. The van der Waals surface area contributed by atoms with Gasteiger partial charge in [0, 0.05) is 17.1 Å². The van der Waals surface area contributed by atoms with Gasteiger partial charge < -0.3 is 10.2 Å². The standard InChI is InChI=1S/C24H28Cl2F3N3O4S/c1-15(22(34)30-23(2,3)4)31(13-16-8-6-7-9-18(16)25)21(33)14-32(37(5,35)36)20-12-17(24(27,28)29)10-11-19(20)26/h6-12,15H,13-14H2,1-5H3,(H,30,34)/t15-/m1/s1. The first kappa shape index (κ1) is 30.7. The predicted molar refractivity (Wildman–Crippen MR) is 138 cm³/mol. The molecule has 0 aliphatic heterocycles. The van der Waals surface area contributed by atoms with Crippen molar-refractivity contribution < 1.29 is 31.2 Å². The van der Waals surface area contributed by atoms with E-state index in [4.69, 9.17) is 23.2 Å². The largest absolute Gasteiger partial charge is 0.416 e. The number of nitrogens with zero attached hydrogens (tertiary/aromatic N) is 2. The summed E-state index contributed by atoms with van der Waals surface area (Å²) in [6, 6.07) is 7.66. The topological polar surface area (TPSA) is 86.8 Å². The van der Waals surface area contributed by atoms with E-state index in [1.165, 1.54) is 6.92 Å². The van der Waals surface area contributed by atoms with E-state index in [0.717, 1.165) is 17.2 Å². The Morgan fingerprint density at radius 1 is 1.03 bits per heavy atom. The van der Waals surface area contributed by atoms with Crippen LogP contribution in [0.3, 0.4) is 0 Å². The quantitative estimate of drug-likeness (QED) is 0.469. The average Bonchev–Trinajstić information content (AvgIpc) is 2.74. The smallest absolute Gasteiger partial charge is 0.350 e. The number of sulfonamides is 1. The monoisotopic (exact) mass is 581 g/mol. The summed E-state index contributed by atoms with van der Waals surface area (Å²) in [4.78, 5) is 27.6. The number of anilines is 1. The highest BCUT2D eigenvalue weighted by Gasteiger charge is 2.35. The lowest BCUT2D eigenvalue weighted by atomic mass is 10.1. The van der Waals surface area contributed by atoms with Gasteiger partial charge in [0.05, 0.1) is 22.5 Å². The number of hydrogen-bond acceptors (Lipinski definition) is 4. The highest BCUT2D eigenvalue weighted by Crippen LogP contribution is 2.36. The Hall–Kier alpha value is -2.50. The maximum atomic E-state index is 13.5. The van der Waals surface area contributed by atoms with Gasteiger partial charge in [-0.2, -0.15) is 13.2 Å². The maximum absolute atomic E-state index is 13.5. The van der Waals surface area contributed by atoms with Crippen molar-refractivity contribution in [3.05, 3.63) is 63.6 Å². The molecule has 0 saturated carbocycles. The zero-order valence-electron chi connectivity index (χ0n) is 20.9. The summed E-state index contributed by atoms with van der Waals surface area (Å²) in [6.07, 6.45) is -4.03. The Kier molecular flexibility index (Phi) is 9.54. The Morgan fingerprint density at radius 3 is 2.14 bits per heavy atom. The van der Waals surface area contributed by atoms with E-state index < -0.39 is 57.4 Å². The number of alkyl halides is 3. The highest BCUT2D eigenvalue weighted by atomic mass is 35.5. The van der Waals surface area contributed by atoms with Crippen molar-refractivity contribution in [2.24, 2.45) is 0 Å². The second-order valence-electron chi connectivity index (χ2n) is 9.46. The molecule has 2 amide bonds. The molecule has 0 spiro atoms. The molecule has 0 heterocycles. The summed E-state index contributed by atoms with van der Waals surface area (Å²) in [7, 11) is -4.28. The second kappa shape index (κ2) is 11.5. The highest BCUT2D eigenvalue weighted by molar-refractivity contribution is 7.92. The van der Waals surface area contributed by atoms with Crippen LogP contribution >= 0.6 is 23.2 Å². The van der Waals surface area contributed by atoms with E-state index >= 15 is 0 Å². The van der Waals surface area contributed by atoms with Gasteiger partial charge in [-0.05, 0) is 57.5 Å². The van der Waals surface area contributed by atoms with Crippen molar-refractivity contribution in [1.82, 2.24) is 10.2 Å². The summed E-state index contributed by atoms with van der Waals surface area (Å²) in [5.74, 6) is -1.37. The maximum Gasteiger partial charge on any atom is 0.416 e. The van der Waals surface area contributed by atoms with Crippen LogP contribution in [0.1, 0.15) is 38.8 Å². The van der Waals surface area contributed by atoms with Crippen LogP contribution in [0.2, 0.25) is 10.0 Å². The van der Waals surface area contributed by atoms with E-state index in [9.17, 15) is 31.2 Å². The lowest BCUT2D eigenvalue weighted by Gasteiger charge is -2.33. The van der Waals surface area contributed by atoms with Crippen LogP contribution in [-0.4, -0.2) is 49.5 Å². The zero-order chi connectivity index (χ0) is 28.3. The number of amides is 2. The van der Waals surface area contributed by atoms with Gasteiger partial charge in [0.15, 0.2) is 0 Å². The van der Waals surface area contributed by atoms with Crippen molar-refractivity contribution in [3.63, 3.8) is 0 Å². The molecule has 1 atom stereocenters. The van der Waals surface area contributed by atoms with Crippen LogP contribution in [0.15, 0.2) is 42.5 Å². The minimum atomic E-state index is -4.78. The van der Waals surface area contributed by atoms with Crippen LogP contribution in [0.4, 0.5) is 18.9 Å². The third-order valence-corrected chi connectivity index (χ3v) is 7.00. The van der Waals surface area contributed by atoms with Gasteiger partial charge >= 0.3 is 6.18 Å². The molecular weight excluding hydrogens is 554 g/mol. The molecule has 37 heavy (non-hydrogen) atoms. The number of carbonyl (C=O) groups is 2. The molecule has 2 aromatic rings. The molecule has 0 aliphatic rings. The van der Waals surface area contributed by atoms with Gasteiger partial charge in [-0.1, -0.05) is 41.4 Å². The fourth-order valence-corrected chi connectivity index (χ4v) is 4.66. The van der Waals surface area contributed by atoms with Crippen LogP contribution < -0.4 is 9.62 Å². The molecule has 0 fully saturated rings. The van der Waals surface area contributed by atoms with E-state index in [0.29, 0.717) is 27.0 Å². The molecule has 7 nitrogen and oxygen atoms in total. The van der Waals surface area contributed by atoms with Crippen molar-refractivity contribution in [2.75, 3.05) is 17.1 Å². The van der Waals surface area contributed by atoms with Gasteiger partial charge in [-0.15, -0.1) is 0 Å². The van der Waals surface area contributed by atoms with Crippen LogP contribution in [0.25, 0.3) is 0 Å². The van der Waals surface area contributed by atoms with Crippen molar-refractivity contribution in [1.29, 1.82) is 0 Å². The van der Waals surface area contributed by atoms with Crippen molar-refractivity contribution in [3.8, 4) is 0 Å². The Balaban J connectivity index is 2.53. The van der Waals surface area contributed by atoms with Gasteiger partial charge in [-0.25, -0.2) is 8.42 Å². The van der Waals surface area contributed by atoms with Crippen molar-refractivity contribution in [2.45, 2.75) is 52.0 Å². The second-order valence-corrected chi connectivity index (χ2v) is 12.2. The van der Waals surface area contributed by atoms with E-state index in [2.05, 4.69) is 5.32 Å². The van der Waals surface area contributed by atoms with Crippen LogP contribution in [-0.2, 0) is 32.3 Å². The summed E-state index contributed by atoms with van der Waals surface area (Å²) in [6.45, 7) is 5.64. The first-order valence-corrected chi connectivity index (χ1v) is 13.6. The normalized spacial score (nSPS) is 13.1. The fraction of sp³-hybridized carbons (Fsp3) is 0.417. The number of nitrogens with one attached hydrogen (secondary N) is 1. The number of rotatable bonds is 8. The van der Waals surface area contributed by atoms with Gasteiger partial charge in [0.2, 0.25) is 21.8 Å². The molecule has 0 unspecified atom stereocenters. The van der Waals surface area contributed by atoms with Gasteiger partial charge in [0.25, 0.3) is 0 Å².